The molecule has 0 unspecified atom stereocenters. The van der Waals surface area contributed by atoms with Crippen LogP contribution >= 0.6 is 0 Å². The van der Waals surface area contributed by atoms with Gasteiger partial charge in [-0.05, 0) is 18.2 Å². The van der Waals surface area contributed by atoms with E-state index in [1.165, 1.54) is 6.07 Å². The fraction of sp³-hybridized carbons (Fsp3) is 0.0667. The molecule has 0 aliphatic heterocycles. The lowest BCUT2D eigenvalue weighted by Crippen LogP contribution is -2.00. The third-order valence-electron chi connectivity index (χ3n) is 2.59. The highest BCUT2D eigenvalue weighted by molar-refractivity contribution is 5.75. The Bertz CT molecular complexity index is 647. The van der Waals surface area contributed by atoms with Gasteiger partial charge >= 0.3 is 0 Å². The molecule has 0 aromatic heterocycles. The Kier molecular flexibility index (Phi) is 3.89. The lowest BCUT2D eigenvalue weighted by Gasteiger charge is -2.08. The first-order valence-corrected chi connectivity index (χ1v) is 5.60. The molecule has 0 bridgehead atoms. The van der Waals surface area contributed by atoms with Crippen molar-refractivity contribution in [1.29, 1.82) is 5.26 Å². The van der Waals surface area contributed by atoms with E-state index >= 15 is 0 Å². The van der Waals surface area contributed by atoms with E-state index in [9.17, 15) is 9.18 Å². The van der Waals surface area contributed by atoms with Gasteiger partial charge in [-0.15, -0.1) is 0 Å². The summed E-state index contributed by atoms with van der Waals surface area (Å²) in [4.78, 5) is 10.6. The second kappa shape index (κ2) is 5.78. The van der Waals surface area contributed by atoms with Gasteiger partial charge in [0.15, 0.2) is 0 Å². The van der Waals surface area contributed by atoms with E-state index in [2.05, 4.69) is 0 Å². The van der Waals surface area contributed by atoms with Crippen LogP contribution in [0.3, 0.4) is 0 Å². The molecule has 0 fully saturated rings. The first-order chi connectivity index (χ1) is 9.24. The molecule has 4 heteroatoms. The molecule has 0 atom stereocenters. The third kappa shape index (κ3) is 2.96. The topological polar surface area (TPSA) is 50.1 Å². The SMILES string of the molecule is N#Cc1cccc(COc2cccc(C=O)c2)c1F. The summed E-state index contributed by atoms with van der Waals surface area (Å²) in [7, 11) is 0. The molecule has 0 aliphatic carbocycles. The van der Waals surface area contributed by atoms with E-state index < -0.39 is 5.82 Å². The Morgan fingerprint density at radius 1 is 1.26 bits per heavy atom. The van der Waals surface area contributed by atoms with E-state index in [-0.39, 0.29) is 12.2 Å². The second-order valence-electron chi connectivity index (χ2n) is 3.87. The zero-order valence-electron chi connectivity index (χ0n) is 9.97. The Morgan fingerprint density at radius 3 is 2.79 bits per heavy atom. The Hall–Kier alpha value is -2.67. The van der Waals surface area contributed by atoms with E-state index in [0.29, 0.717) is 23.2 Å². The average Bonchev–Trinajstić information content (AvgIpc) is 2.46. The molecule has 0 spiro atoms. The van der Waals surface area contributed by atoms with E-state index in [0.717, 1.165) is 0 Å². The summed E-state index contributed by atoms with van der Waals surface area (Å²) in [6.07, 6.45) is 0.712. The number of halogens is 1. The molecular formula is C15H10FNO2. The number of carbonyl (C=O) groups is 1. The van der Waals surface area contributed by atoms with Crippen molar-refractivity contribution in [1.82, 2.24) is 0 Å². The number of nitriles is 1. The van der Waals surface area contributed by atoms with E-state index in [1.807, 2.05) is 0 Å². The van der Waals surface area contributed by atoms with Crippen LogP contribution in [0, 0.1) is 17.1 Å². The van der Waals surface area contributed by atoms with Crippen molar-refractivity contribution in [3.8, 4) is 11.8 Å². The lowest BCUT2D eigenvalue weighted by atomic mass is 10.1. The van der Waals surface area contributed by atoms with Crippen LogP contribution in [0.4, 0.5) is 4.39 Å². The Morgan fingerprint density at radius 2 is 2.05 bits per heavy atom. The standard InChI is InChI=1S/C15H10FNO2/c16-15-12(8-17)4-2-5-13(15)10-19-14-6-1-3-11(7-14)9-18/h1-7,9H,10H2. The van der Waals surface area contributed by atoms with Gasteiger partial charge in [-0.3, -0.25) is 4.79 Å². The molecule has 0 N–H and O–H groups in total. The molecule has 0 radical (unpaired) electrons. The zero-order valence-corrected chi connectivity index (χ0v) is 9.97. The van der Waals surface area contributed by atoms with Crippen molar-refractivity contribution in [2.45, 2.75) is 6.61 Å². The number of nitrogens with zero attached hydrogens (tertiary/aromatic N) is 1. The predicted molar refractivity (Wildman–Crippen MR) is 67.3 cm³/mol. The fourth-order valence-electron chi connectivity index (χ4n) is 1.62. The maximum Gasteiger partial charge on any atom is 0.150 e. The minimum atomic E-state index is -0.573. The summed E-state index contributed by atoms with van der Waals surface area (Å²) in [6, 6.07) is 12.9. The van der Waals surface area contributed by atoms with Crippen molar-refractivity contribution in [2.24, 2.45) is 0 Å². The summed E-state index contributed by atoms with van der Waals surface area (Å²) >= 11 is 0. The average molecular weight is 255 g/mol. The molecule has 3 nitrogen and oxygen atoms in total. The van der Waals surface area contributed by atoms with Crippen LogP contribution in [-0.4, -0.2) is 6.29 Å². The van der Waals surface area contributed by atoms with Crippen LogP contribution in [-0.2, 0) is 6.61 Å². The molecule has 0 aliphatic rings. The van der Waals surface area contributed by atoms with Crippen LogP contribution < -0.4 is 4.74 Å². The van der Waals surface area contributed by atoms with Gasteiger partial charge in [-0.2, -0.15) is 5.26 Å². The van der Waals surface area contributed by atoms with Crippen molar-refractivity contribution < 1.29 is 13.9 Å². The monoisotopic (exact) mass is 255 g/mol. The third-order valence-corrected chi connectivity index (χ3v) is 2.59. The normalized spacial score (nSPS) is 9.68. The van der Waals surface area contributed by atoms with Crippen LogP contribution in [0.5, 0.6) is 5.75 Å². The number of ether oxygens (including phenoxy) is 1. The van der Waals surface area contributed by atoms with Gasteiger partial charge in [0, 0.05) is 11.1 Å². The second-order valence-corrected chi connectivity index (χ2v) is 3.87. The Labute approximate surface area is 109 Å². The predicted octanol–water partition coefficient (Wildman–Crippen LogP) is 3.09. The highest BCUT2D eigenvalue weighted by atomic mass is 19.1. The van der Waals surface area contributed by atoms with Crippen LogP contribution in [0.2, 0.25) is 0 Å². The minimum absolute atomic E-state index is 0.00363. The lowest BCUT2D eigenvalue weighted by molar-refractivity contribution is 0.112. The quantitative estimate of drug-likeness (QED) is 0.789. The van der Waals surface area contributed by atoms with Crippen LogP contribution in [0.15, 0.2) is 42.5 Å². The number of aldehydes is 1. The molecular weight excluding hydrogens is 245 g/mol. The van der Waals surface area contributed by atoms with Gasteiger partial charge < -0.3 is 4.74 Å². The van der Waals surface area contributed by atoms with Crippen LogP contribution in [0.1, 0.15) is 21.5 Å². The molecule has 0 saturated carbocycles. The van der Waals surface area contributed by atoms with E-state index in [1.54, 1.807) is 42.5 Å². The van der Waals surface area contributed by atoms with Gasteiger partial charge in [0.05, 0.1) is 5.56 Å². The molecule has 2 aromatic rings. The zero-order chi connectivity index (χ0) is 13.7. The first-order valence-electron chi connectivity index (χ1n) is 5.60. The smallest absolute Gasteiger partial charge is 0.150 e. The summed E-state index contributed by atoms with van der Waals surface area (Å²) in [6.45, 7) is 0.00363. The number of benzene rings is 2. The molecule has 2 aromatic carbocycles. The summed E-state index contributed by atoms with van der Waals surface area (Å²) in [5, 5.41) is 8.73. The van der Waals surface area contributed by atoms with Gasteiger partial charge in [-0.25, -0.2) is 4.39 Å². The van der Waals surface area contributed by atoms with Crippen LogP contribution in [0.25, 0.3) is 0 Å². The van der Waals surface area contributed by atoms with Gasteiger partial charge in [-0.1, -0.05) is 24.3 Å². The number of hydrogen-bond acceptors (Lipinski definition) is 3. The van der Waals surface area contributed by atoms with Gasteiger partial charge in [0.1, 0.15) is 30.5 Å². The molecule has 0 saturated heterocycles. The highest BCUT2D eigenvalue weighted by Crippen LogP contribution is 2.17. The maximum atomic E-state index is 13.8. The largest absolute Gasteiger partial charge is 0.489 e. The Balaban J connectivity index is 2.15. The molecule has 0 amide bonds. The van der Waals surface area contributed by atoms with Crippen molar-refractivity contribution in [3.05, 3.63) is 65.0 Å². The minimum Gasteiger partial charge on any atom is -0.489 e. The highest BCUT2D eigenvalue weighted by Gasteiger charge is 2.08. The van der Waals surface area contributed by atoms with Crippen molar-refractivity contribution in [3.63, 3.8) is 0 Å². The van der Waals surface area contributed by atoms with Crippen molar-refractivity contribution in [2.75, 3.05) is 0 Å². The van der Waals surface area contributed by atoms with E-state index in [4.69, 9.17) is 10.00 Å². The number of rotatable bonds is 4. The molecule has 94 valence electrons. The first kappa shape index (κ1) is 12.8. The summed E-state index contributed by atoms with van der Waals surface area (Å²) < 4.78 is 19.2. The van der Waals surface area contributed by atoms with Gasteiger partial charge in [0.2, 0.25) is 0 Å². The fourth-order valence-corrected chi connectivity index (χ4v) is 1.62. The number of carbonyl (C=O) groups excluding carboxylic acids is 1. The maximum absolute atomic E-state index is 13.8. The summed E-state index contributed by atoms with van der Waals surface area (Å²) in [5.41, 5.74) is 0.780. The van der Waals surface area contributed by atoms with Crippen molar-refractivity contribution >= 4 is 6.29 Å². The molecule has 19 heavy (non-hydrogen) atoms. The summed E-state index contributed by atoms with van der Waals surface area (Å²) in [5.74, 6) is -0.0945. The number of hydrogen-bond donors (Lipinski definition) is 0. The molecule has 0 heterocycles. The van der Waals surface area contributed by atoms with Gasteiger partial charge in [0.25, 0.3) is 0 Å². The molecule has 2 rings (SSSR count).